The zero-order valence-corrected chi connectivity index (χ0v) is 5.17. The van der Waals surface area contributed by atoms with Crippen molar-refractivity contribution in [3.8, 4) is 0 Å². The van der Waals surface area contributed by atoms with Crippen molar-refractivity contribution in [2.75, 3.05) is 0 Å². The third kappa shape index (κ3) is 1.29. The van der Waals surface area contributed by atoms with Gasteiger partial charge in [0.1, 0.15) is 11.1 Å². The molecule has 1 heterocycles. The summed E-state index contributed by atoms with van der Waals surface area (Å²) >= 11 is 5.41. The first-order chi connectivity index (χ1) is 4.20. The fraction of sp³-hybridized carbons (Fsp3) is 0.200. The van der Waals surface area contributed by atoms with Crippen LogP contribution in [0.25, 0.3) is 0 Å². The quantitative estimate of drug-likeness (QED) is 0.509. The maximum Gasteiger partial charge on any atom is 0.272 e. The summed E-state index contributed by atoms with van der Waals surface area (Å²) in [5.74, 6) is -0.610. The number of carbonyl (C=O) groups excluding carboxylic acids is 1. The summed E-state index contributed by atoms with van der Waals surface area (Å²) in [6, 6.07) is 0. The van der Waals surface area contributed by atoms with E-state index in [0.29, 0.717) is 0 Å². The van der Waals surface area contributed by atoms with Crippen LogP contribution in [0.15, 0.2) is 16.8 Å². The Labute approximate surface area is 56.7 Å². The molecule has 1 aliphatic rings. The van der Waals surface area contributed by atoms with Crippen LogP contribution in [0.3, 0.4) is 0 Å². The highest BCUT2D eigenvalue weighted by Gasteiger charge is 2.12. The highest BCUT2D eigenvalue weighted by Crippen LogP contribution is 2.07. The van der Waals surface area contributed by atoms with E-state index in [2.05, 4.69) is 4.99 Å². The van der Waals surface area contributed by atoms with Crippen LogP contribution < -0.4 is 0 Å². The van der Waals surface area contributed by atoms with Crippen molar-refractivity contribution in [2.45, 2.75) is 5.38 Å². The van der Waals surface area contributed by atoms with E-state index in [9.17, 15) is 4.79 Å². The Balaban J connectivity index is 2.82. The van der Waals surface area contributed by atoms with E-state index in [-0.39, 0.29) is 5.76 Å². The monoisotopic (exact) mass is 145 g/mol. The average Bonchev–Trinajstić information content (AvgIpc) is 1.80. The van der Waals surface area contributed by atoms with E-state index in [4.69, 9.17) is 16.7 Å². The van der Waals surface area contributed by atoms with E-state index >= 15 is 0 Å². The molecule has 0 aromatic rings. The number of nitrogens with zero attached hydrogens (tertiary/aromatic N) is 1. The zero-order valence-electron chi connectivity index (χ0n) is 4.41. The summed E-state index contributed by atoms with van der Waals surface area (Å²) in [7, 11) is 0. The highest BCUT2D eigenvalue weighted by molar-refractivity contribution is 6.31. The van der Waals surface area contributed by atoms with Gasteiger partial charge >= 0.3 is 0 Å². The molecule has 0 spiro atoms. The Morgan fingerprint density at radius 2 is 2.44 bits per heavy atom. The van der Waals surface area contributed by atoms with E-state index in [1.165, 1.54) is 6.21 Å². The fourth-order valence-electron chi connectivity index (χ4n) is 0.459. The molecular weight excluding hydrogens is 142 g/mol. The first-order valence-electron chi connectivity index (χ1n) is 2.33. The number of rotatable bonds is 0. The van der Waals surface area contributed by atoms with Gasteiger partial charge in [-0.2, -0.15) is 0 Å². The number of aliphatic hydroxyl groups is 1. The summed E-state index contributed by atoms with van der Waals surface area (Å²) in [4.78, 5) is 13.7. The standard InChI is InChI=1S/C5H4ClNO2/c6-3-2-7-5(9)1-4(3)8/h1-3,8H. The molecule has 0 saturated heterocycles. The number of aliphatic imine (C=N–C) groups is 1. The average molecular weight is 146 g/mol. The molecule has 0 radical (unpaired) electrons. The van der Waals surface area contributed by atoms with Crippen LogP contribution in [0.4, 0.5) is 0 Å². The molecular formula is C5H4ClNO2. The number of aliphatic hydroxyl groups excluding tert-OH is 1. The molecule has 9 heavy (non-hydrogen) atoms. The van der Waals surface area contributed by atoms with Crippen LogP contribution in [0, 0.1) is 0 Å². The molecule has 48 valence electrons. The SMILES string of the molecule is O=C1C=C(O)C(Cl)C=N1. The lowest BCUT2D eigenvalue weighted by atomic mass is 10.3. The number of hydrogen-bond acceptors (Lipinski definition) is 2. The summed E-state index contributed by atoms with van der Waals surface area (Å²) < 4.78 is 0. The van der Waals surface area contributed by atoms with Crippen LogP contribution in [0.1, 0.15) is 0 Å². The smallest absolute Gasteiger partial charge is 0.272 e. The van der Waals surface area contributed by atoms with Crippen LogP contribution in [0.2, 0.25) is 0 Å². The number of allylic oxidation sites excluding steroid dienone is 1. The normalized spacial score (nSPS) is 26.1. The Kier molecular flexibility index (Phi) is 1.53. The largest absolute Gasteiger partial charge is 0.510 e. The minimum Gasteiger partial charge on any atom is -0.510 e. The Bertz CT molecular complexity index is 197. The summed E-state index contributed by atoms with van der Waals surface area (Å²) in [5.41, 5.74) is 0. The van der Waals surface area contributed by atoms with Crippen LogP contribution in [-0.2, 0) is 4.79 Å². The van der Waals surface area contributed by atoms with Gasteiger partial charge < -0.3 is 5.11 Å². The van der Waals surface area contributed by atoms with Crippen molar-refractivity contribution < 1.29 is 9.90 Å². The van der Waals surface area contributed by atoms with Gasteiger partial charge in [-0.3, -0.25) is 4.79 Å². The van der Waals surface area contributed by atoms with Crippen molar-refractivity contribution in [3.63, 3.8) is 0 Å². The molecule has 1 unspecified atom stereocenters. The molecule has 1 atom stereocenters. The van der Waals surface area contributed by atoms with Gasteiger partial charge in [0.25, 0.3) is 5.91 Å². The third-order valence-electron chi connectivity index (χ3n) is 0.887. The van der Waals surface area contributed by atoms with E-state index in [1.54, 1.807) is 0 Å². The van der Waals surface area contributed by atoms with E-state index in [0.717, 1.165) is 6.08 Å². The van der Waals surface area contributed by atoms with Gasteiger partial charge in [0, 0.05) is 12.3 Å². The molecule has 0 saturated carbocycles. The fourth-order valence-corrected chi connectivity index (χ4v) is 0.578. The minimum absolute atomic E-state index is 0.142. The van der Waals surface area contributed by atoms with Gasteiger partial charge in [-0.15, -0.1) is 11.6 Å². The van der Waals surface area contributed by atoms with E-state index in [1.807, 2.05) is 0 Å². The molecule has 0 bridgehead atoms. The molecule has 4 heteroatoms. The Hall–Kier alpha value is -0.830. The summed E-state index contributed by atoms with van der Waals surface area (Å²) in [5, 5.41) is 8.13. The molecule has 3 nitrogen and oxygen atoms in total. The van der Waals surface area contributed by atoms with E-state index < -0.39 is 11.3 Å². The molecule has 1 rings (SSSR count). The lowest BCUT2D eigenvalue weighted by Crippen LogP contribution is -2.11. The molecule has 0 fully saturated rings. The maximum atomic E-state index is 10.3. The Morgan fingerprint density at radius 1 is 1.78 bits per heavy atom. The maximum absolute atomic E-state index is 10.3. The number of halogens is 1. The van der Waals surface area contributed by atoms with Gasteiger partial charge in [-0.1, -0.05) is 0 Å². The number of amides is 1. The molecule has 1 amide bonds. The second kappa shape index (κ2) is 2.19. The van der Waals surface area contributed by atoms with Crippen LogP contribution in [-0.4, -0.2) is 22.6 Å². The lowest BCUT2D eigenvalue weighted by molar-refractivity contribution is -0.113. The van der Waals surface area contributed by atoms with Crippen molar-refractivity contribution >= 4 is 23.7 Å². The highest BCUT2D eigenvalue weighted by atomic mass is 35.5. The number of hydrogen-bond donors (Lipinski definition) is 1. The van der Waals surface area contributed by atoms with Crippen molar-refractivity contribution in [2.24, 2.45) is 4.99 Å². The second-order valence-corrected chi connectivity index (χ2v) is 2.06. The molecule has 0 aliphatic carbocycles. The van der Waals surface area contributed by atoms with Gasteiger partial charge in [0.15, 0.2) is 0 Å². The van der Waals surface area contributed by atoms with Gasteiger partial charge in [-0.05, 0) is 0 Å². The molecule has 0 aromatic carbocycles. The third-order valence-corrected chi connectivity index (χ3v) is 1.22. The topological polar surface area (TPSA) is 49.7 Å². The van der Waals surface area contributed by atoms with Gasteiger partial charge in [0.2, 0.25) is 0 Å². The van der Waals surface area contributed by atoms with Crippen LogP contribution in [0.5, 0.6) is 0 Å². The number of alkyl halides is 1. The van der Waals surface area contributed by atoms with Crippen molar-refractivity contribution in [1.82, 2.24) is 0 Å². The van der Waals surface area contributed by atoms with Gasteiger partial charge in [-0.25, -0.2) is 4.99 Å². The predicted octanol–water partition coefficient (Wildman–Crippen LogP) is 0.647. The minimum atomic E-state index is -0.636. The lowest BCUT2D eigenvalue weighted by Gasteiger charge is -2.03. The molecule has 1 aliphatic heterocycles. The molecule has 0 aromatic heterocycles. The molecule has 1 N–H and O–H groups in total. The Morgan fingerprint density at radius 3 is 2.89 bits per heavy atom. The van der Waals surface area contributed by atoms with Crippen LogP contribution >= 0.6 is 11.6 Å². The second-order valence-electron chi connectivity index (χ2n) is 1.59. The first kappa shape index (κ1) is 6.29. The first-order valence-corrected chi connectivity index (χ1v) is 2.76. The number of carbonyl (C=O) groups is 1. The van der Waals surface area contributed by atoms with Gasteiger partial charge in [0.05, 0.1) is 0 Å². The zero-order chi connectivity index (χ0) is 6.85. The van der Waals surface area contributed by atoms with Crippen molar-refractivity contribution in [1.29, 1.82) is 0 Å². The van der Waals surface area contributed by atoms with Crippen molar-refractivity contribution in [3.05, 3.63) is 11.8 Å². The summed E-state index contributed by atoms with van der Waals surface area (Å²) in [6.07, 6.45) is 2.19. The summed E-state index contributed by atoms with van der Waals surface area (Å²) in [6.45, 7) is 0. The number of dihydropyridines is 1. The predicted molar refractivity (Wildman–Crippen MR) is 33.9 cm³/mol.